The normalized spacial score (nSPS) is 11.2. The largest absolute Gasteiger partial charge is 0.699 e. The average molecular weight is 369 g/mol. The Morgan fingerprint density at radius 2 is 1.38 bits per heavy atom. The zero-order valence-corrected chi connectivity index (χ0v) is 17.8. The van der Waals surface area contributed by atoms with Gasteiger partial charge in [-0.05, 0) is 5.92 Å². The smallest absolute Gasteiger partial charge is 0 e. The van der Waals surface area contributed by atoms with Crippen LogP contribution in [0.4, 0.5) is 5.69 Å². The molecule has 1 atom stereocenters. The van der Waals surface area contributed by atoms with Crippen molar-refractivity contribution in [3.8, 4) is 0 Å². The minimum atomic E-state index is -0.0321. The molecule has 0 fully saturated rings. The van der Waals surface area contributed by atoms with E-state index in [1.54, 1.807) is 0 Å². The summed E-state index contributed by atoms with van der Waals surface area (Å²) in [5, 5.41) is 9.34. The Balaban J connectivity index is -0.000000361. The number of rotatable bonds is 4. The Bertz CT molecular complexity index is 356. The van der Waals surface area contributed by atoms with Crippen LogP contribution in [0.5, 0.6) is 0 Å². The van der Waals surface area contributed by atoms with Crippen molar-refractivity contribution in [2.45, 2.75) is 59.2 Å². The maximum Gasteiger partial charge on any atom is 0 e. The van der Waals surface area contributed by atoms with Crippen molar-refractivity contribution in [2.24, 2.45) is 0 Å². The molecule has 0 spiro atoms. The van der Waals surface area contributed by atoms with Crippen LogP contribution in [0.1, 0.15) is 53.0 Å². The molecule has 0 aliphatic carbocycles. The first-order chi connectivity index (χ1) is 7.79. The van der Waals surface area contributed by atoms with Crippen molar-refractivity contribution in [1.29, 1.82) is 0 Å². The van der Waals surface area contributed by atoms with E-state index < -0.39 is 0 Å². The third-order valence-electron chi connectivity index (χ3n) is 2.46. The van der Waals surface area contributed by atoms with Gasteiger partial charge in [-0.1, -0.05) is 71.4 Å². The van der Waals surface area contributed by atoms with E-state index in [0.29, 0.717) is 5.92 Å². The van der Waals surface area contributed by atoms with Crippen LogP contribution >= 0.6 is 0 Å². The molecule has 1 aromatic carbocycles. The third kappa shape index (κ3) is 11.1. The van der Waals surface area contributed by atoms with E-state index in [4.69, 9.17) is 5.32 Å². The van der Waals surface area contributed by atoms with Gasteiger partial charge < -0.3 is 32.9 Å². The topological polar surface area (TPSA) is 28.2 Å². The molecular weight excluding hydrogens is 335 g/mol. The quantitative estimate of drug-likeness (QED) is 0.530. The number of para-hydroxylation sites is 1. The van der Waals surface area contributed by atoms with E-state index in [0.717, 1.165) is 5.69 Å². The van der Waals surface area contributed by atoms with E-state index in [-0.39, 0.29) is 60.2 Å². The maximum absolute atomic E-state index is 4.70. The molecule has 21 heavy (non-hydrogen) atoms. The second kappa shape index (κ2) is 12.4. The average Bonchev–Trinajstić information content (AvgIpc) is 2.14. The molecular formula is C18H33N2Zr-5. The Morgan fingerprint density at radius 1 is 0.905 bits per heavy atom. The van der Waals surface area contributed by atoms with E-state index in [2.05, 4.69) is 58.1 Å². The van der Waals surface area contributed by atoms with Gasteiger partial charge in [0.1, 0.15) is 0 Å². The molecule has 0 heterocycles. The van der Waals surface area contributed by atoms with Crippen LogP contribution in [0.2, 0.25) is 0 Å². The summed E-state index contributed by atoms with van der Waals surface area (Å²) in [7, 11) is 0. The van der Waals surface area contributed by atoms with Gasteiger partial charge in [0.05, 0.1) is 0 Å². The first-order valence-electron chi connectivity index (χ1n) is 6.31. The molecule has 0 radical (unpaired) electrons. The number of benzene rings is 1. The molecule has 0 aliphatic heterocycles. The molecule has 0 saturated carbocycles. The Kier molecular flexibility index (Phi) is 17.1. The minimum Gasteiger partial charge on any atom is -0.699 e. The summed E-state index contributed by atoms with van der Waals surface area (Å²) in [5.74, 6) is 0.497. The molecule has 0 aromatic heterocycles. The number of nitrogens with zero attached hydrogens (tertiary/aromatic N) is 2. The Hall–Kier alpha value is -0.137. The van der Waals surface area contributed by atoms with E-state index >= 15 is 0 Å². The van der Waals surface area contributed by atoms with E-state index in [1.165, 1.54) is 5.56 Å². The van der Waals surface area contributed by atoms with Gasteiger partial charge in [0.15, 0.2) is 0 Å². The summed E-state index contributed by atoms with van der Waals surface area (Å²) < 4.78 is 0. The maximum atomic E-state index is 4.70. The monoisotopic (exact) mass is 367 g/mol. The SMILES string of the molecule is CC([N-]c1ccccc1C(C)C)[N-]C(C)(C)C.[CH3-].[CH3-].[CH3-].[Zr]. The summed E-state index contributed by atoms with van der Waals surface area (Å²) in [6, 6.07) is 8.33. The molecule has 1 rings (SSSR count). The van der Waals surface area contributed by atoms with Crippen molar-refractivity contribution < 1.29 is 26.2 Å². The molecule has 0 saturated heterocycles. The van der Waals surface area contributed by atoms with Gasteiger partial charge in [-0.25, -0.2) is 6.17 Å². The molecule has 1 unspecified atom stereocenters. The van der Waals surface area contributed by atoms with Crippen molar-refractivity contribution in [1.82, 2.24) is 0 Å². The van der Waals surface area contributed by atoms with Crippen LogP contribution in [0.15, 0.2) is 24.3 Å². The summed E-state index contributed by atoms with van der Waals surface area (Å²) in [6.07, 6.45) is 0.00917. The van der Waals surface area contributed by atoms with E-state index in [1.807, 2.05) is 13.0 Å². The van der Waals surface area contributed by atoms with Gasteiger partial charge in [0.2, 0.25) is 0 Å². The molecule has 3 heteroatoms. The first-order valence-corrected chi connectivity index (χ1v) is 6.31. The second-order valence-electron chi connectivity index (χ2n) is 5.77. The van der Waals surface area contributed by atoms with Crippen LogP contribution in [-0.4, -0.2) is 11.7 Å². The second-order valence-corrected chi connectivity index (χ2v) is 5.77. The molecule has 0 bridgehead atoms. The van der Waals surface area contributed by atoms with Crippen molar-refractivity contribution in [3.63, 3.8) is 0 Å². The predicted octanol–water partition coefficient (Wildman–Crippen LogP) is 6.68. The van der Waals surface area contributed by atoms with Crippen LogP contribution < -0.4 is 0 Å². The standard InChI is InChI=1S/C15H24N2.3CH3.Zr/c1-11(2)13-9-7-8-10-14(13)16-12(3)17-15(4,5)6;;;;/h7-12H,1-6H3;3*1H3;/q-2;3*-1;. The van der Waals surface area contributed by atoms with Gasteiger partial charge >= 0.3 is 0 Å². The van der Waals surface area contributed by atoms with Crippen LogP contribution in [-0.2, 0) is 26.2 Å². The first kappa shape index (κ1) is 28.9. The predicted molar refractivity (Wildman–Crippen MR) is 95.4 cm³/mol. The summed E-state index contributed by atoms with van der Waals surface area (Å²) in [6.45, 7) is 12.7. The van der Waals surface area contributed by atoms with Crippen molar-refractivity contribution >= 4 is 5.69 Å². The van der Waals surface area contributed by atoms with Gasteiger partial charge in [-0.15, -0.1) is 11.2 Å². The van der Waals surface area contributed by atoms with Gasteiger partial charge in [-0.2, -0.15) is 0 Å². The Labute approximate surface area is 153 Å². The molecule has 1 aromatic rings. The zero-order chi connectivity index (χ0) is 13.1. The van der Waals surface area contributed by atoms with Gasteiger partial charge in [0.25, 0.3) is 0 Å². The fourth-order valence-corrected chi connectivity index (χ4v) is 1.88. The fraction of sp³-hybridized carbons (Fsp3) is 0.500. The number of hydrogen-bond donors (Lipinski definition) is 0. The summed E-state index contributed by atoms with van der Waals surface area (Å²) in [4.78, 5) is 0. The van der Waals surface area contributed by atoms with Crippen LogP contribution in [0.25, 0.3) is 10.6 Å². The fourth-order valence-electron chi connectivity index (χ4n) is 1.88. The Morgan fingerprint density at radius 3 is 1.81 bits per heavy atom. The van der Waals surface area contributed by atoms with Gasteiger partial charge in [0, 0.05) is 26.2 Å². The third-order valence-corrected chi connectivity index (χ3v) is 2.46. The minimum absolute atomic E-state index is 0. The van der Waals surface area contributed by atoms with E-state index in [9.17, 15) is 0 Å². The molecule has 0 aliphatic rings. The molecule has 124 valence electrons. The van der Waals surface area contributed by atoms with Gasteiger partial charge in [-0.3, -0.25) is 0 Å². The molecule has 0 amide bonds. The van der Waals surface area contributed by atoms with Crippen LogP contribution in [0.3, 0.4) is 0 Å². The summed E-state index contributed by atoms with van der Waals surface area (Å²) in [5.41, 5.74) is 2.34. The number of hydrogen-bond acceptors (Lipinski definition) is 0. The molecule has 0 N–H and O–H groups in total. The molecule has 2 nitrogen and oxygen atoms in total. The van der Waals surface area contributed by atoms with Crippen molar-refractivity contribution in [3.05, 3.63) is 62.7 Å². The summed E-state index contributed by atoms with van der Waals surface area (Å²) >= 11 is 0. The van der Waals surface area contributed by atoms with Crippen molar-refractivity contribution in [2.75, 3.05) is 0 Å². The zero-order valence-electron chi connectivity index (χ0n) is 15.4. The van der Waals surface area contributed by atoms with Crippen LogP contribution in [0, 0.1) is 22.3 Å².